The summed E-state index contributed by atoms with van der Waals surface area (Å²) in [6.45, 7) is 3.96. The number of hydrogen-bond donors (Lipinski definition) is 2. The molecule has 0 aliphatic carbocycles. The lowest BCUT2D eigenvalue weighted by Gasteiger charge is -2.08. The van der Waals surface area contributed by atoms with Gasteiger partial charge < -0.3 is 10.6 Å². The summed E-state index contributed by atoms with van der Waals surface area (Å²) < 4.78 is 38.9. The minimum absolute atomic E-state index is 0.0780. The second-order valence-corrected chi connectivity index (χ2v) is 6.51. The van der Waals surface area contributed by atoms with E-state index in [1.54, 1.807) is 11.4 Å². The summed E-state index contributed by atoms with van der Waals surface area (Å²) in [4.78, 5) is 20.6. The average Bonchev–Trinajstić information content (AvgIpc) is 3.03. The number of anilines is 2. The van der Waals surface area contributed by atoms with Gasteiger partial charge >= 0.3 is 0 Å². The third kappa shape index (κ3) is 4.89. The molecule has 2 N–H and O–H groups in total. The Morgan fingerprint density at radius 2 is 1.76 bits per heavy atom. The van der Waals surface area contributed by atoms with E-state index < -0.39 is 18.6 Å². The molecule has 2 aromatic heterocycles. The van der Waals surface area contributed by atoms with Crippen molar-refractivity contribution in [3.05, 3.63) is 53.3 Å². The van der Waals surface area contributed by atoms with Crippen LogP contribution in [0.5, 0.6) is 0 Å². The number of aryl methyl sites for hydroxylation is 3. The van der Waals surface area contributed by atoms with Gasteiger partial charge in [-0.2, -0.15) is 5.10 Å². The molecule has 0 saturated carbocycles. The van der Waals surface area contributed by atoms with Crippen LogP contribution in [-0.4, -0.2) is 38.4 Å². The largest absolute Gasteiger partial charge is 0.324 e. The molecule has 0 spiro atoms. The van der Waals surface area contributed by atoms with Gasteiger partial charge in [0.1, 0.15) is 11.4 Å². The maximum Gasteiger partial charge on any atom is 0.287 e. The van der Waals surface area contributed by atoms with Crippen molar-refractivity contribution < 1.29 is 18.0 Å². The molecule has 152 valence electrons. The summed E-state index contributed by atoms with van der Waals surface area (Å²) in [6.07, 6.45) is -4.54. The van der Waals surface area contributed by atoms with E-state index in [0.29, 0.717) is 17.3 Å². The van der Waals surface area contributed by atoms with Crippen LogP contribution >= 0.6 is 0 Å². The van der Waals surface area contributed by atoms with Crippen LogP contribution in [0.25, 0.3) is 11.4 Å². The first-order chi connectivity index (χ1) is 13.7. The molecule has 29 heavy (non-hydrogen) atoms. The van der Waals surface area contributed by atoms with E-state index in [0.717, 1.165) is 16.8 Å². The van der Waals surface area contributed by atoms with Gasteiger partial charge in [0.25, 0.3) is 12.3 Å². The summed E-state index contributed by atoms with van der Waals surface area (Å²) in [5, 5.41) is 8.86. The monoisotopic (exact) mass is 404 g/mol. The van der Waals surface area contributed by atoms with Gasteiger partial charge in [-0.15, -0.1) is 0 Å². The lowest BCUT2D eigenvalue weighted by Crippen LogP contribution is -2.37. The van der Waals surface area contributed by atoms with Gasteiger partial charge in [-0.3, -0.25) is 9.48 Å². The van der Waals surface area contributed by atoms with Gasteiger partial charge in [0, 0.05) is 18.9 Å². The van der Waals surface area contributed by atoms with Gasteiger partial charge in [0.2, 0.25) is 12.2 Å². The Kier molecular flexibility index (Phi) is 5.81. The Morgan fingerprint density at radius 1 is 1.07 bits per heavy atom. The number of nitrogens with zero attached hydrogens (tertiary/aromatic N) is 4. The molecule has 0 radical (unpaired) electrons. The van der Waals surface area contributed by atoms with Crippen molar-refractivity contribution in [2.45, 2.75) is 26.6 Å². The number of aromatic nitrogens is 4. The molecule has 0 aliphatic rings. The molecule has 0 saturated heterocycles. The first-order valence-corrected chi connectivity index (χ1v) is 8.69. The van der Waals surface area contributed by atoms with Crippen LogP contribution in [0.1, 0.15) is 21.6 Å². The smallest absolute Gasteiger partial charge is 0.287 e. The molecule has 10 heteroatoms. The molecule has 0 aliphatic heterocycles. The lowest BCUT2D eigenvalue weighted by atomic mass is 10.1. The predicted molar refractivity (Wildman–Crippen MR) is 102 cm³/mol. The zero-order valence-corrected chi connectivity index (χ0v) is 15.9. The van der Waals surface area contributed by atoms with E-state index in [9.17, 15) is 18.0 Å². The molecule has 0 bridgehead atoms. The van der Waals surface area contributed by atoms with Gasteiger partial charge in [-0.05, 0) is 49.2 Å². The Hall–Kier alpha value is -3.43. The number of hydrogen-bond acceptors (Lipinski definition) is 5. The van der Waals surface area contributed by atoms with Gasteiger partial charge in [0.15, 0.2) is 0 Å². The van der Waals surface area contributed by atoms with E-state index in [2.05, 4.69) is 20.4 Å². The zero-order valence-electron chi connectivity index (χ0n) is 15.9. The first kappa shape index (κ1) is 20.3. The molecule has 1 aromatic carbocycles. The Morgan fingerprint density at radius 3 is 2.41 bits per heavy atom. The van der Waals surface area contributed by atoms with Crippen molar-refractivity contribution in [2.24, 2.45) is 7.05 Å². The number of benzene rings is 1. The van der Waals surface area contributed by atoms with Crippen molar-refractivity contribution in [3.63, 3.8) is 0 Å². The number of nitrogens with one attached hydrogen (secondary N) is 2. The van der Waals surface area contributed by atoms with E-state index >= 15 is 0 Å². The van der Waals surface area contributed by atoms with Crippen LogP contribution in [0.2, 0.25) is 0 Å². The number of carbonyl (C=O) groups excluding carboxylic acids is 1. The van der Waals surface area contributed by atoms with Crippen LogP contribution in [0.15, 0.2) is 36.5 Å². The molecule has 1 unspecified atom stereocenters. The number of alkyl halides is 3. The summed E-state index contributed by atoms with van der Waals surface area (Å²) in [5.74, 6) is -0.674. The van der Waals surface area contributed by atoms with Gasteiger partial charge in [-0.25, -0.2) is 23.1 Å². The third-order valence-electron chi connectivity index (χ3n) is 4.00. The highest BCUT2D eigenvalue weighted by Crippen LogP contribution is 2.21. The minimum atomic E-state index is -3.31. The maximum absolute atomic E-state index is 13.1. The Bertz CT molecular complexity index is 1020. The molecule has 0 fully saturated rings. The van der Waals surface area contributed by atoms with Crippen LogP contribution in [-0.2, 0) is 7.05 Å². The van der Waals surface area contributed by atoms with E-state index in [-0.39, 0.29) is 5.69 Å². The van der Waals surface area contributed by atoms with Crippen molar-refractivity contribution in [2.75, 3.05) is 5.32 Å². The fourth-order valence-corrected chi connectivity index (χ4v) is 2.80. The van der Waals surface area contributed by atoms with Crippen molar-refractivity contribution >= 4 is 17.5 Å². The minimum Gasteiger partial charge on any atom is -0.324 e. The molecule has 2 heterocycles. The summed E-state index contributed by atoms with van der Waals surface area (Å²) in [6, 6.07) is 8.87. The van der Waals surface area contributed by atoms with Gasteiger partial charge in [-0.1, -0.05) is 6.07 Å². The number of carbonyl (C=O) groups is 1. The van der Waals surface area contributed by atoms with E-state index in [4.69, 9.17) is 0 Å². The quantitative estimate of drug-likeness (QED) is 0.614. The number of rotatable bonds is 6. The molecule has 7 nitrogen and oxygen atoms in total. The highest BCUT2D eigenvalue weighted by Gasteiger charge is 2.24. The molecular formula is C19H19F3N6O. The number of halogens is 3. The molecule has 1 atom stereocenters. The Labute approximate surface area is 165 Å². The summed E-state index contributed by atoms with van der Waals surface area (Å²) in [5.41, 5.74) is 3.63. The average molecular weight is 404 g/mol. The Balaban J connectivity index is 1.83. The topological polar surface area (TPSA) is 84.7 Å². The normalized spacial score (nSPS) is 12.1. The van der Waals surface area contributed by atoms with Crippen molar-refractivity contribution in [1.82, 2.24) is 25.1 Å². The highest BCUT2D eigenvalue weighted by atomic mass is 19.3. The maximum atomic E-state index is 13.1. The molecule has 3 rings (SSSR count). The van der Waals surface area contributed by atoms with Crippen molar-refractivity contribution in [3.8, 4) is 11.4 Å². The van der Waals surface area contributed by atoms with Gasteiger partial charge in [0.05, 0.1) is 5.69 Å². The summed E-state index contributed by atoms with van der Waals surface area (Å²) >= 11 is 0. The fraction of sp³-hybridized carbons (Fsp3) is 0.263. The van der Waals surface area contributed by atoms with Crippen molar-refractivity contribution in [1.29, 1.82) is 0 Å². The lowest BCUT2D eigenvalue weighted by molar-refractivity contribution is 0.0283. The zero-order chi connectivity index (χ0) is 21.1. The SMILES string of the molecule is Cc1cc(C)cc(Nc2nccc(-c3cc(C(=O)NC(F)C(F)F)n(C)n3)n2)c1. The van der Waals surface area contributed by atoms with E-state index in [1.165, 1.54) is 24.0 Å². The molecular weight excluding hydrogens is 385 g/mol. The fourth-order valence-electron chi connectivity index (χ4n) is 2.80. The third-order valence-corrected chi connectivity index (χ3v) is 4.00. The van der Waals surface area contributed by atoms with Crippen LogP contribution in [0.4, 0.5) is 24.8 Å². The van der Waals surface area contributed by atoms with Crippen LogP contribution in [0, 0.1) is 13.8 Å². The summed E-state index contributed by atoms with van der Waals surface area (Å²) in [7, 11) is 1.45. The predicted octanol–water partition coefficient (Wildman–Crippen LogP) is 3.53. The van der Waals surface area contributed by atoms with E-state index in [1.807, 2.05) is 32.0 Å². The van der Waals surface area contributed by atoms with Crippen LogP contribution in [0.3, 0.4) is 0 Å². The number of amides is 1. The molecule has 1 amide bonds. The first-order valence-electron chi connectivity index (χ1n) is 8.69. The standard InChI is InChI=1S/C19H19F3N6O/c1-10-6-11(2)8-12(7-10)24-19-23-5-4-13(25-19)14-9-15(28(3)27-14)18(29)26-17(22)16(20)21/h4-9,16-17H,1-3H3,(H,26,29)(H,23,24,25). The molecule has 3 aromatic rings. The second-order valence-electron chi connectivity index (χ2n) is 6.51. The highest BCUT2D eigenvalue weighted by molar-refractivity contribution is 5.93. The van der Waals surface area contributed by atoms with Crippen LogP contribution < -0.4 is 10.6 Å². The second kappa shape index (κ2) is 8.29.